The molecule has 0 aromatic heterocycles. The number of hydrogen-bond acceptors (Lipinski definition) is 0. The smallest absolute Gasteiger partial charge is 0.0321 e. The lowest BCUT2D eigenvalue weighted by molar-refractivity contribution is 0.609. The first-order chi connectivity index (χ1) is 4.41. The fourth-order valence-corrected chi connectivity index (χ4v) is 0.892. The molecule has 0 aliphatic carbocycles. The molecule has 0 rings (SSSR count). The molecule has 1 nitrogen and oxygen atoms in total. The highest BCUT2D eigenvalue weighted by Gasteiger charge is 1.86. The monoisotopic (exact) mass is 127 g/mol. The molecule has 0 aliphatic rings. The van der Waals surface area contributed by atoms with E-state index in [2.05, 4.69) is 6.92 Å². The molecule has 0 heterocycles. The predicted molar refractivity (Wildman–Crippen MR) is 40.4 cm³/mol. The van der Waals surface area contributed by atoms with Gasteiger partial charge in [0.1, 0.15) is 0 Å². The van der Waals surface area contributed by atoms with Crippen LogP contribution in [0, 0.1) is 0 Å². The van der Waals surface area contributed by atoms with Crippen molar-refractivity contribution in [2.24, 2.45) is 0 Å². The summed E-state index contributed by atoms with van der Waals surface area (Å²) in [4.78, 5) is 0. The zero-order valence-corrected chi connectivity index (χ0v) is 6.40. The first-order valence-corrected chi connectivity index (χ1v) is 4.02. The van der Waals surface area contributed by atoms with Gasteiger partial charge in [0.05, 0.1) is 0 Å². The third-order valence-corrected chi connectivity index (χ3v) is 1.51. The van der Waals surface area contributed by atoms with E-state index in [1.54, 1.807) is 0 Å². The van der Waals surface area contributed by atoms with Gasteiger partial charge in [-0.15, -0.1) is 5.73 Å². The summed E-state index contributed by atoms with van der Waals surface area (Å²) < 4.78 is 0. The minimum absolute atomic E-state index is 0.367. The molecule has 0 spiro atoms. The van der Waals surface area contributed by atoms with E-state index in [4.69, 9.17) is 5.73 Å². The molecule has 0 unspecified atom stereocenters. The lowest BCUT2D eigenvalue weighted by atomic mass is 10.1. The molecule has 0 N–H and O–H groups in total. The lowest BCUT2D eigenvalue weighted by Crippen LogP contribution is -1.84. The fraction of sp³-hybridized carbons (Fsp3) is 1.00. The molecule has 0 aromatic carbocycles. The zero-order valence-electron chi connectivity index (χ0n) is 6.40. The van der Waals surface area contributed by atoms with Crippen molar-refractivity contribution in [3.05, 3.63) is 0 Å². The highest BCUT2D eigenvalue weighted by atomic mass is 14.5. The van der Waals surface area contributed by atoms with Gasteiger partial charge in [-0.3, -0.25) is 0 Å². The largest absolute Gasteiger partial charge is 0.145 e. The summed E-state index contributed by atoms with van der Waals surface area (Å²) in [5.41, 5.74) is 8.42. The Kier molecular flexibility index (Phi) is 7.92. The van der Waals surface area contributed by atoms with Gasteiger partial charge in [0.2, 0.25) is 0 Å². The molecule has 1 heteroatoms. The number of rotatable bonds is 6. The van der Waals surface area contributed by atoms with Crippen LogP contribution in [0.15, 0.2) is 0 Å². The molecule has 54 valence electrons. The van der Waals surface area contributed by atoms with Crippen molar-refractivity contribution in [1.29, 1.82) is 0 Å². The summed E-state index contributed by atoms with van der Waals surface area (Å²) in [6, 6.07) is 0. The predicted octanol–water partition coefficient (Wildman–Crippen LogP) is 2.42. The minimum Gasteiger partial charge on any atom is -0.145 e. The average molecular weight is 127 g/mol. The first kappa shape index (κ1) is 8.96. The van der Waals surface area contributed by atoms with E-state index in [9.17, 15) is 0 Å². The van der Waals surface area contributed by atoms with Crippen LogP contribution in [0.4, 0.5) is 0 Å². The Labute approximate surface area is 58.6 Å². The van der Waals surface area contributed by atoms with Gasteiger partial charge in [-0.05, 0) is 6.42 Å². The lowest BCUT2D eigenvalue weighted by Gasteiger charge is -1.95. The second kappa shape index (κ2) is 7.96. The molecule has 0 bridgehead atoms. The fourth-order valence-electron chi connectivity index (χ4n) is 0.892. The Bertz CT molecular complexity index is 37.8. The average Bonchev–Trinajstić information content (AvgIpc) is 1.89. The van der Waals surface area contributed by atoms with Gasteiger partial charge in [0.15, 0.2) is 0 Å². The summed E-state index contributed by atoms with van der Waals surface area (Å²) in [6.45, 7) is 2.58. The first-order valence-electron chi connectivity index (χ1n) is 4.02. The molecule has 0 aliphatic heterocycles. The topological polar surface area (TPSA) is 22.3 Å². The zero-order chi connectivity index (χ0) is 6.95. The standard InChI is InChI=1S/C8H17N/c1-2-3-4-5-6-7-8-9/h2-8H2,1H3. The van der Waals surface area contributed by atoms with Gasteiger partial charge in [0.25, 0.3) is 0 Å². The van der Waals surface area contributed by atoms with Crippen molar-refractivity contribution in [3.63, 3.8) is 0 Å². The van der Waals surface area contributed by atoms with E-state index in [1.807, 2.05) is 0 Å². The molecular formula is C8H17N. The normalized spacial score (nSPS) is 10.0. The van der Waals surface area contributed by atoms with Crippen molar-refractivity contribution >= 4 is 0 Å². The van der Waals surface area contributed by atoms with Crippen molar-refractivity contribution in [3.8, 4) is 0 Å². The number of unbranched alkanes of at least 4 members (excludes halogenated alkanes) is 5. The summed E-state index contributed by atoms with van der Waals surface area (Å²) in [6.07, 6.45) is 7.50. The van der Waals surface area contributed by atoms with E-state index in [1.165, 1.54) is 32.1 Å². The van der Waals surface area contributed by atoms with Gasteiger partial charge in [-0.25, -0.2) is 0 Å². The van der Waals surface area contributed by atoms with E-state index >= 15 is 0 Å². The third kappa shape index (κ3) is 7.96. The SMILES string of the molecule is CCCCCCCC[N]. The molecule has 0 saturated heterocycles. The quantitative estimate of drug-likeness (QED) is 0.489. The molecule has 0 fully saturated rings. The highest BCUT2D eigenvalue weighted by molar-refractivity contribution is 4.42. The maximum atomic E-state index is 8.42. The molecule has 9 heavy (non-hydrogen) atoms. The summed E-state index contributed by atoms with van der Waals surface area (Å²) in [7, 11) is 0. The van der Waals surface area contributed by atoms with E-state index < -0.39 is 0 Å². The van der Waals surface area contributed by atoms with E-state index in [0.717, 1.165) is 6.42 Å². The van der Waals surface area contributed by atoms with Gasteiger partial charge < -0.3 is 0 Å². The van der Waals surface area contributed by atoms with Crippen LogP contribution in [0.1, 0.15) is 45.4 Å². The third-order valence-electron chi connectivity index (χ3n) is 1.51. The van der Waals surface area contributed by atoms with Crippen LogP contribution >= 0.6 is 0 Å². The summed E-state index contributed by atoms with van der Waals surface area (Å²) in [5.74, 6) is 0. The molecule has 0 saturated carbocycles. The van der Waals surface area contributed by atoms with Crippen molar-refractivity contribution in [2.45, 2.75) is 45.4 Å². The van der Waals surface area contributed by atoms with Gasteiger partial charge >= 0.3 is 0 Å². The van der Waals surface area contributed by atoms with Crippen LogP contribution in [-0.4, -0.2) is 6.54 Å². The van der Waals surface area contributed by atoms with Gasteiger partial charge in [-0.2, -0.15) is 0 Å². The molecule has 0 atom stereocenters. The Morgan fingerprint density at radius 1 is 0.889 bits per heavy atom. The van der Waals surface area contributed by atoms with Crippen LogP contribution in [-0.2, 0) is 0 Å². The molecular weight excluding hydrogens is 110 g/mol. The summed E-state index contributed by atoms with van der Waals surface area (Å²) >= 11 is 0. The Balaban J connectivity index is 2.60. The van der Waals surface area contributed by atoms with Crippen LogP contribution in [0.3, 0.4) is 0 Å². The highest BCUT2D eigenvalue weighted by Crippen LogP contribution is 2.03. The van der Waals surface area contributed by atoms with Crippen molar-refractivity contribution in [1.82, 2.24) is 5.73 Å². The Hall–Kier alpha value is -0.0400. The van der Waals surface area contributed by atoms with Gasteiger partial charge in [-0.1, -0.05) is 39.0 Å². The van der Waals surface area contributed by atoms with E-state index in [-0.39, 0.29) is 0 Å². The minimum atomic E-state index is 0.367. The number of nitrogens with zero attached hydrogens (tertiary/aromatic N) is 1. The van der Waals surface area contributed by atoms with Crippen LogP contribution in [0.25, 0.3) is 0 Å². The van der Waals surface area contributed by atoms with Gasteiger partial charge in [0, 0.05) is 6.54 Å². The van der Waals surface area contributed by atoms with Crippen molar-refractivity contribution in [2.75, 3.05) is 6.54 Å². The number of hydrogen-bond donors (Lipinski definition) is 0. The second-order valence-electron chi connectivity index (χ2n) is 2.49. The summed E-state index contributed by atoms with van der Waals surface area (Å²) in [5, 5.41) is 0. The van der Waals surface area contributed by atoms with Crippen LogP contribution < -0.4 is 5.73 Å². The molecule has 2 radical (unpaired) electrons. The molecule has 0 amide bonds. The molecule has 0 aromatic rings. The van der Waals surface area contributed by atoms with E-state index in [0.29, 0.717) is 6.54 Å². The van der Waals surface area contributed by atoms with Crippen LogP contribution in [0.5, 0.6) is 0 Å². The Morgan fingerprint density at radius 3 is 2.00 bits per heavy atom. The van der Waals surface area contributed by atoms with Crippen molar-refractivity contribution < 1.29 is 0 Å². The maximum absolute atomic E-state index is 8.42. The Morgan fingerprint density at radius 2 is 1.44 bits per heavy atom. The second-order valence-corrected chi connectivity index (χ2v) is 2.49. The maximum Gasteiger partial charge on any atom is 0.0321 e. The van der Waals surface area contributed by atoms with Crippen LogP contribution in [0.2, 0.25) is 0 Å².